The summed E-state index contributed by atoms with van der Waals surface area (Å²) in [4.78, 5) is 7.76. The van der Waals surface area contributed by atoms with Gasteiger partial charge in [0.1, 0.15) is 21.9 Å². The molecule has 25 heavy (non-hydrogen) atoms. The van der Waals surface area contributed by atoms with Gasteiger partial charge in [0.05, 0.1) is 4.90 Å². The van der Waals surface area contributed by atoms with E-state index in [1.165, 1.54) is 18.2 Å². The van der Waals surface area contributed by atoms with Crippen molar-refractivity contribution >= 4 is 44.9 Å². The van der Waals surface area contributed by atoms with Crippen LogP contribution in [0.1, 0.15) is 0 Å². The number of nitrogens with zero attached hydrogens (tertiary/aromatic N) is 2. The minimum atomic E-state index is -3.60. The van der Waals surface area contributed by atoms with Crippen molar-refractivity contribution in [2.45, 2.75) is 4.90 Å². The summed E-state index contributed by atoms with van der Waals surface area (Å²) in [5.41, 5.74) is 5.26. The maximum absolute atomic E-state index is 11.9. The minimum Gasteiger partial charge on any atom is -0.384 e. The SMILES string of the molecule is Nc1cccc(Cl)n1.O=S(=O)(Nc1cccc(Cl)n1)c1ccccc1. The molecule has 3 N–H and O–H groups in total. The van der Waals surface area contributed by atoms with Crippen molar-refractivity contribution in [3.63, 3.8) is 0 Å². The summed E-state index contributed by atoms with van der Waals surface area (Å²) in [6.07, 6.45) is 0. The zero-order valence-electron chi connectivity index (χ0n) is 12.8. The van der Waals surface area contributed by atoms with Gasteiger partial charge < -0.3 is 5.73 Å². The summed E-state index contributed by atoms with van der Waals surface area (Å²) in [7, 11) is -3.60. The highest BCUT2D eigenvalue weighted by Crippen LogP contribution is 2.15. The van der Waals surface area contributed by atoms with Gasteiger partial charge in [-0.2, -0.15) is 0 Å². The molecule has 0 radical (unpaired) electrons. The molecule has 3 rings (SSSR count). The molecule has 0 unspecified atom stereocenters. The molecule has 1 aromatic carbocycles. The first-order chi connectivity index (χ1) is 11.9. The van der Waals surface area contributed by atoms with Gasteiger partial charge >= 0.3 is 0 Å². The second-order valence-corrected chi connectivity index (χ2v) is 7.11. The van der Waals surface area contributed by atoms with Crippen molar-refractivity contribution in [3.8, 4) is 0 Å². The number of sulfonamides is 1. The third-order valence-electron chi connectivity index (χ3n) is 2.74. The van der Waals surface area contributed by atoms with E-state index >= 15 is 0 Å². The number of pyridine rings is 2. The number of hydrogen-bond acceptors (Lipinski definition) is 5. The Kier molecular flexibility index (Phi) is 6.58. The van der Waals surface area contributed by atoms with E-state index in [2.05, 4.69) is 14.7 Å². The molecule has 0 atom stereocenters. The Morgan fingerprint density at radius 1 is 0.800 bits per heavy atom. The van der Waals surface area contributed by atoms with E-state index in [-0.39, 0.29) is 15.9 Å². The van der Waals surface area contributed by atoms with Crippen LogP contribution in [0.5, 0.6) is 0 Å². The van der Waals surface area contributed by atoms with Gasteiger partial charge in [-0.25, -0.2) is 18.4 Å². The Balaban J connectivity index is 0.000000236. The van der Waals surface area contributed by atoms with Crippen molar-refractivity contribution < 1.29 is 8.42 Å². The van der Waals surface area contributed by atoms with Crippen LogP contribution < -0.4 is 10.5 Å². The lowest BCUT2D eigenvalue weighted by Crippen LogP contribution is -2.13. The van der Waals surface area contributed by atoms with Crippen LogP contribution in [0.2, 0.25) is 10.3 Å². The van der Waals surface area contributed by atoms with Crippen LogP contribution in [0, 0.1) is 0 Å². The van der Waals surface area contributed by atoms with Gasteiger partial charge in [-0.05, 0) is 36.4 Å². The number of hydrogen-bond donors (Lipinski definition) is 2. The van der Waals surface area contributed by atoms with E-state index in [0.29, 0.717) is 11.0 Å². The number of aromatic nitrogens is 2. The molecule has 130 valence electrons. The largest absolute Gasteiger partial charge is 0.384 e. The lowest BCUT2D eigenvalue weighted by Gasteiger charge is -2.06. The number of nitrogens with one attached hydrogen (secondary N) is 1. The van der Waals surface area contributed by atoms with Crippen molar-refractivity contribution in [1.29, 1.82) is 0 Å². The molecule has 0 aliphatic heterocycles. The molecule has 6 nitrogen and oxygen atoms in total. The van der Waals surface area contributed by atoms with Crippen LogP contribution in [0.15, 0.2) is 71.6 Å². The monoisotopic (exact) mass is 396 g/mol. The van der Waals surface area contributed by atoms with Gasteiger partial charge in [0.2, 0.25) is 0 Å². The van der Waals surface area contributed by atoms with Gasteiger partial charge in [-0.1, -0.05) is 53.5 Å². The van der Waals surface area contributed by atoms with Crippen LogP contribution in [-0.2, 0) is 10.0 Å². The van der Waals surface area contributed by atoms with Crippen molar-refractivity contribution in [1.82, 2.24) is 9.97 Å². The minimum absolute atomic E-state index is 0.182. The van der Waals surface area contributed by atoms with Gasteiger partial charge in [0, 0.05) is 0 Å². The zero-order chi connectivity index (χ0) is 18.3. The van der Waals surface area contributed by atoms with E-state index in [4.69, 9.17) is 28.9 Å². The molecular weight excluding hydrogens is 383 g/mol. The van der Waals surface area contributed by atoms with Crippen LogP contribution >= 0.6 is 23.2 Å². The molecule has 0 amide bonds. The van der Waals surface area contributed by atoms with Crippen LogP contribution in [0.3, 0.4) is 0 Å². The standard InChI is InChI=1S/C11H9ClN2O2S.C5H5ClN2/c12-10-7-4-8-11(13-10)14-17(15,16)9-5-2-1-3-6-9;6-4-2-1-3-5(7)8-4/h1-8H,(H,13,14);1-3H,(H2,7,8). The first-order valence-electron chi connectivity index (χ1n) is 6.95. The highest BCUT2D eigenvalue weighted by atomic mass is 35.5. The number of anilines is 2. The first-order valence-corrected chi connectivity index (χ1v) is 9.19. The van der Waals surface area contributed by atoms with E-state index in [0.717, 1.165) is 0 Å². The molecule has 3 aromatic rings. The summed E-state index contributed by atoms with van der Waals surface area (Å²) in [5.74, 6) is 0.652. The second kappa shape index (κ2) is 8.66. The topological polar surface area (TPSA) is 98.0 Å². The molecule has 9 heteroatoms. The third kappa shape index (κ3) is 6.22. The Bertz CT molecular complexity index is 920. The molecule has 0 aliphatic rings. The molecule has 0 aliphatic carbocycles. The first kappa shape index (κ1) is 19.0. The lowest BCUT2D eigenvalue weighted by atomic mass is 10.4. The fraction of sp³-hybridized carbons (Fsp3) is 0. The van der Waals surface area contributed by atoms with Gasteiger partial charge in [-0.3, -0.25) is 4.72 Å². The molecule has 0 saturated carbocycles. The molecule has 0 spiro atoms. The number of halogens is 2. The Labute approximate surface area is 155 Å². The number of nitrogens with two attached hydrogens (primary N) is 1. The van der Waals surface area contributed by atoms with Gasteiger partial charge in [-0.15, -0.1) is 0 Å². The zero-order valence-corrected chi connectivity index (χ0v) is 15.1. The fourth-order valence-electron chi connectivity index (χ4n) is 1.69. The number of rotatable bonds is 3. The maximum atomic E-state index is 11.9. The summed E-state index contributed by atoms with van der Waals surface area (Å²) >= 11 is 11.1. The smallest absolute Gasteiger partial charge is 0.263 e. The Morgan fingerprint density at radius 2 is 1.40 bits per heavy atom. The summed E-state index contributed by atoms with van der Waals surface area (Å²) < 4.78 is 26.2. The molecule has 0 saturated heterocycles. The maximum Gasteiger partial charge on any atom is 0.263 e. The van der Waals surface area contributed by atoms with E-state index in [1.54, 1.807) is 48.5 Å². The Morgan fingerprint density at radius 3 is 1.92 bits per heavy atom. The lowest BCUT2D eigenvalue weighted by molar-refractivity contribution is 0.601. The molecule has 0 bridgehead atoms. The molecule has 2 aromatic heterocycles. The van der Waals surface area contributed by atoms with Crippen molar-refractivity contribution in [2.75, 3.05) is 10.5 Å². The average Bonchev–Trinajstić information content (AvgIpc) is 2.56. The summed E-state index contributed by atoms with van der Waals surface area (Å²) in [6.45, 7) is 0. The van der Waals surface area contributed by atoms with Crippen LogP contribution in [0.25, 0.3) is 0 Å². The summed E-state index contributed by atoms with van der Waals surface area (Å²) in [5, 5.41) is 0.670. The fourth-order valence-corrected chi connectivity index (χ4v) is 3.04. The molecule has 0 fully saturated rings. The highest BCUT2D eigenvalue weighted by Gasteiger charge is 2.13. The predicted octanol–water partition coefficient (Wildman–Crippen LogP) is 3.85. The number of benzene rings is 1. The normalized spacial score (nSPS) is 10.5. The second-order valence-electron chi connectivity index (χ2n) is 4.65. The Hall–Kier alpha value is -2.35. The predicted molar refractivity (Wildman–Crippen MR) is 100 cm³/mol. The van der Waals surface area contributed by atoms with Crippen LogP contribution in [0.4, 0.5) is 11.6 Å². The molecule has 2 heterocycles. The van der Waals surface area contributed by atoms with Gasteiger partial charge in [0.25, 0.3) is 10.0 Å². The molecular formula is C16H14Cl2N4O2S. The van der Waals surface area contributed by atoms with E-state index in [9.17, 15) is 8.42 Å². The van der Waals surface area contributed by atoms with E-state index < -0.39 is 10.0 Å². The third-order valence-corrected chi connectivity index (χ3v) is 4.54. The van der Waals surface area contributed by atoms with Gasteiger partial charge in [0.15, 0.2) is 0 Å². The van der Waals surface area contributed by atoms with Crippen LogP contribution in [-0.4, -0.2) is 18.4 Å². The summed E-state index contributed by atoms with van der Waals surface area (Å²) in [6, 6.07) is 17.9. The highest BCUT2D eigenvalue weighted by molar-refractivity contribution is 7.92. The number of nitrogen functional groups attached to an aromatic ring is 1. The van der Waals surface area contributed by atoms with E-state index in [1.807, 2.05) is 0 Å². The van der Waals surface area contributed by atoms with Crippen molar-refractivity contribution in [3.05, 3.63) is 77.0 Å². The van der Waals surface area contributed by atoms with Crippen molar-refractivity contribution in [2.24, 2.45) is 0 Å². The average molecular weight is 397 g/mol. The quantitative estimate of drug-likeness (QED) is 0.654.